The molecular formula is C14H9F3IN3O2. The van der Waals surface area contributed by atoms with Gasteiger partial charge in [-0.25, -0.2) is 4.79 Å². The van der Waals surface area contributed by atoms with Crippen LogP contribution in [0.4, 0.5) is 18.9 Å². The Morgan fingerprint density at radius 1 is 1.39 bits per heavy atom. The number of methoxy groups -OCH3 is 1. The van der Waals surface area contributed by atoms with Crippen LogP contribution in [0.2, 0.25) is 0 Å². The molecule has 120 valence electrons. The highest BCUT2D eigenvalue weighted by Gasteiger charge is 2.32. The second kappa shape index (κ2) is 6.11. The second-order valence-electron chi connectivity index (χ2n) is 4.47. The van der Waals surface area contributed by atoms with Gasteiger partial charge >= 0.3 is 12.1 Å². The van der Waals surface area contributed by atoms with Crippen LogP contribution < -0.4 is 5.73 Å². The molecule has 0 unspecified atom stereocenters. The lowest BCUT2D eigenvalue weighted by Crippen LogP contribution is -2.12. The van der Waals surface area contributed by atoms with Gasteiger partial charge in [0, 0.05) is 15.5 Å². The number of esters is 1. The molecule has 0 saturated carbocycles. The van der Waals surface area contributed by atoms with E-state index >= 15 is 0 Å². The summed E-state index contributed by atoms with van der Waals surface area (Å²) in [5.41, 5.74) is 4.53. The number of nitrogens with zero attached hydrogens (tertiary/aromatic N) is 2. The van der Waals surface area contributed by atoms with E-state index in [1.54, 1.807) is 28.7 Å². The van der Waals surface area contributed by atoms with E-state index in [1.807, 2.05) is 0 Å². The van der Waals surface area contributed by atoms with Crippen LogP contribution in [-0.4, -0.2) is 17.6 Å². The average molecular weight is 435 g/mol. The number of hydrogen-bond donors (Lipinski definition) is 1. The van der Waals surface area contributed by atoms with Gasteiger partial charge in [0.05, 0.1) is 23.9 Å². The number of aromatic nitrogens is 1. The van der Waals surface area contributed by atoms with Crippen molar-refractivity contribution in [3.05, 3.63) is 44.8 Å². The third-order valence-corrected chi connectivity index (χ3v) is 3.65. The molecule has 0 spiro atoms. The number of hydrogen-bond acceptors (Lipinski definition) is 4. The first-order valence-corrected chi connectivity index (χ1v) is 7.14. The molecule has 23 heavy (non-hydrogen) atoms. The van der Waals surface area contributed by atoms with Crippen molar-refractivity contribution >= 4 is 34.2 Å². The standard InChI is InChI=1S/C14H9F3IN3O2/c1-23-13(22)12-11(20)7(5-19)6-21(12)10-3-8(14(15,16)17)2-9(18)4-10/h2-4,6H,20H2,1H3. The fourth-order valence-electron chi connectivity index (χ4n) is 2.00. The molecule has 9 heteroatoms. The molecule has 2 aromatic rings. The van der Waals surface area contributed by atoms with Gasteiger partial charge in [0.1, 0.15) is 6.07 Å². The molecule has 0 amide bonds. The predicted molar refractivity (Wildman–Crippen MR) is 84.0 cm³/mol. The maximum atomic E-state index is 13.0. The van der Waals surface area contributed by atoms with Crippen LogP contribution >= 0.6 is 22.6 Å². The Hall–Kier alpha value is -2.22. The van der Waals surface area contributed by atoms with Gasteiger partial charge in [-0.2, -0.15) is 18.4 Å². The molecule has 2 rings (SSSR count). The van der Waals surface area contributed by atoms with Crippen LogP contribution in [-0.2, 0) is 10.9 Å². The molecule has 0 aliphatic rings. The van der Waals surface area contributed by atoms with E-state index in [0.29, 0.717) is 3.57 Å². The van der Waals surface area contributed by atoms with Crippen LogP contribution in [0, 0.1) is 14.9 Å². The van der Waals surface area contributed by atoms with E-state index in [4.69, 9.17) is 11.0 Å². The van der Waals surface area contributed by atoms with Crippen molar-refractivity contribution in [1.82, 2.24) is 4.57 Å². The van der Waals surface area contributed by atoms with Gasteiger partial charge in [-0.15, -0.1) is 0 Å². The highest BCUT2D eigenvalue weighted by Crippen LogP contribution is 2.33. The topological polar surface area (TPSA) is 81.0 Å². The highest BCUT2D eigenvalue weighted by atomic mass is 127. The molecule has 1 heterocycles. The molecular weight excluding hydrogens is 426 g/mol. The summed E-state index contributed by atoms with van der Waals surface area (Å²) in [6.07, 6.45) is -3.34. The largest absolute Gasteiger partial charge is 0.464 e. The van der Waals surface area contributed by atoms with Gasteiger partial charge in [0.2, 0.25) is 0 Å². The van der Waals surface area contributed by atoms with E-state index < -0.39 is 17.7 Å². The number of halogens is 4. The second-order valence-corrected chi connectivity index (χ2v) is 5.72. The maximum Gasteiger partial charge on any atom is 0.416 e. The number of carbonyl (C=O) groups is 1. The minimum atomic E-state index is -4.54. The number of carbonyl (C=O) groups excluding carboxylic acids is 1. The molecule has 1 aromatic carbocycles. The van der Waals surface area contributed by atoms with E-state index in [0.717, 1.165) is 23.8 Å². The number of benzene rings is 1. The summed E-state index contributed by atoms with van der Waals surface area (Å²) in [5, 5.41) is 9.02. The number of nitriles is 1. The minimum absolute atomic E-state index is 0.0298. The van der Waals surface area contributed by atoms with Crippen molar-refractivity contribution in [2.75, 3.05) is 12.8 Å². The van der Waals surface area contributed by atoms with Crippen molar-refractivity contribution < 1.29 is 22.7 Å². The summed E-state index contributed by atoms with van der Waals surface area (Å²) in [4.78, 5) is 11.9. The molecule has 0 aliphatic heterocycles. The fraction of sp³-hybridized carbons (Fsp3) is 0.143. The Kier molecular flexibility index (Phi) is 4.56. The van der Waals surface area contributed by atoms with Crippen molar-refractivity contribution in [3.63, 3.8) is 0 Å². The summed E-state index contributed by atoms with van der Waals surface area (Å²) in [7, 11) is 1.11. The summed E-state index contributed by atoms with van der Waals surface area (Å²) in [6.45, 7) is 0. The van der Waals surface area contributed by atoms with Crippen molar-refractivity contribution in [2.45, 2.75) is 6.18 Å². The van der Waals surface area contributed by atoms with Crippen LogP contribution in [0.3, 0.4) is 0 Å². The average Bonchev–Trinajstić information content (AvgIpc) is 2.81. The number of anilines is 1. The Labute approximate surface area is 142 Å². The van der Waals surface area contributed by atoms with Gasteiger partial charge in [-0.3, -0.25) is 0 Å². The van der Waals surface area contributed by atoms with Crippen molar-refractivity contribution in [1.29, 1.82) is 5.26 Å². The Bertz CT molecular complexity index is 822. The number of alkyl halides is 3. The summed E-state index contributed by atoms with van der Waals surface area (Å²) >= 11 is 1.74. The number of nitrogen functional groups attached to an aromatic ring is 1. The zero-order chi connectivity index (χ0) is 17.4. The maximum absolute atomic E-state index is 13.0. The van der Waals surface area contributed by atoms with Gasteiger partial charge < -0.3 is 15.0 Å². The smallest absolute Gasteiger partial charge is 0.416 e. The van der Waals surface area contributed by atoms with Crippen LogP contribution in [0.15, 0.2) is 24.4 Å². The predicted octanol–water partition coefficient (Wildman–Crippen LogP) is 3.34. The van der Waals surface area contributed by atoms with Gasteiger partial charge in [-0.1, -0.05) is 0 Å². The zero-order valence-corrected chi connectivity index (χ0v) is 13.8. The molecule has 0 fully saturated rings. The summed E-state index contributed by atoms with van der Waals surface area (Å²) in [5.74, 6) is -0.851. The monoisotopic (exact) mass is 435 g/mol. The molecule has 0 bridgehead atoms. The molecule has 2 N–H and O–H groups in total. The lowest BCUT2D eigenvalue weighted by Gasteiger charge is -2.13. The molecule has 5 nitrogen and oxygen atoms in total. The van der Waals surface area contributed by atoms with Crippen LogP contribution in [0.25, 0.3) is 5.69 Å². The molecule has 0 atom stereocenters. The van der Waals surface area contributed by atoms with E-state index in [9.17, 15) is 18.0 Å². The first-order valence-electron chi connectivity index (χ1n) is 6.06. The molecule has 0 saturated heterocycles. The quantitative estimate of drug-likeness (QED) is 0.580. The number of nitrogens with two attached hydrogens (primary N) is 1. The zero-order valence-electron chi connectivity index (χ0n) is 11.6. The Morgan fingerprint density at radius 2 is 2.04 bits per heavy atom. The SMILES string of the molecule is COC(=O)c1c(N)c(C#N)cn1-c1cc(I)cc(C(F)(F)F)c1. The van der Waals surface area contributed by atoms with E-state index in [1.165, 1.54) is 12.3 Å². The number of rotatable bonds is 2. The summed E-state index contributed by atoms with van der Waals surface area (Å²) in [6, 6.07) is 5.06. The third kappa shape index (κ3) is 3.26. The van der Waals surface area contributed by atoms with E-state index in [2.05, 4.69) is 4.74 Å². The fourth-order valence-corrected chi connectivity index (χ4v) is 2.65. The van der Waals surface area contributed by atoms with Gasteiger partial charge in [0.25, 0.3) is 0 Å². The molecule has 0 aliphatic carbocycles. The normalized spacial score (nSPS) is 11.1. The first kappa shape index (κ1) is 17.1. The van der Waals surface area contributed by atoms with Crippen molar-refractivity contribution in [3.8, 4) is 11.8 Å². The van der Waals surface area contributed by atoms with Gasteiger partial charge in [-0.05, 0) is 40.8 Å². The summed E-state index contributed by atoms with van der Waals surface area (Å²) < 4.78 is 44.9. The molecule has 1 aromatic heterocycles. The lowest BCUT2D eigenvalue weighted by molar-refractivity contribution is -0.137. The highest BCUT2D eigenvalue weighted by molar-refractivity contribution is 14.1. The van der Waals surface area contributed by atoms with Crippen LogP contribution in [0.5, 0.6) is 0 Å². The molecule has 0 radical (unpaired) electrons. The number of ether oxygens (including phenoxy) is 1. The van der Waals surface area contributed by atoms with Gasteiger partial charge in [0.15, 0.2) is 5.69 Å². The Balaban J connectivity index is 2.75. The van der Waals surface area contributed by atoms with E-state index in [-0.39, 0.29) is 22.6 Å². The van der Waals surface area contributed by atoms with Crippen molar-refractivity contribution in [2.24, 2.45) is 0 Å². The first-order chi connectivity index (χ1) is 10.7. The van der Waals surface area contributed by atoms with Crippen LogP contribution in [0.1, 0.15) is 21.6 Å². The third-order valence-electron chi connectivity index (χ3n) is 3.03. The minimum Gasteiger partial charge on any atom is -0.464 e. The Morgan fingerprint density at radius 3 is 2.57 bits per heavy atom. The lowest BCUT2D eigenvalue weighted by atomic mass is 10.2.